The van der Waals surface area contributed by atoms with E-state index >= 15 is 0 Å². The third-order valence-corrected chi connectivity index (χ3v) is 4.30. The molecule has 0 radical (unpaired) electrons. The Kier molecular flexibility index (Phi) is 4.19. The normalized spacial score (nSPS) is 11.2. The van der Waals surface area contributed by atoms with Gasteiger partial charge in [-0.1, -0.05) is 6.07 Å². The maximum absolute atomic E-state index is 11.5. The number of aromatic nitrogens is 3. The summed E-state index contributed by atoms with van der Waals surface area (Å²) in [6.45, 7) is 0. The molecule has 0 amide bonds. The van der Waals surface area contributed by atoms with Gasteiger partial charge < -0.3 is 15.2 Å². The number of hydrogen-bond acceptors (Lipinski definition) is 6. The third-order valence-electron chi connectivity index (χ3n) is 3.39. The van der Waals surface area contributed by atoms with Crippen LogP contribution in [0.1, 0.15) is 0 Å². The molecular weight excluding hydrogens is 328 g/mol. The monoisotopic (exact) mass is 344 g/mol. The number of nitrogens with two attached hydrogens (primary N) is 1. The summed E-state index contributed by atoms with van der Waals surface area (Å²) in [7, 11) is -1.98. The molecule has 3 aromatic rings. The van der Waals surface area contributed by atoms with Crippen LogP contribution in [0.25, 0.3) is 0 Å². The van der Waals surface area contributed by atoms with Crippen molar-refractivity contribution >= 4 is 33.2 Å². The molecule has 1 aromatic carbocycles. The van der Waals surface area contributed by atoms with Crippen LogP contribution in [0.2, 0.25) is 0 Å². The Hall–Kier alpha value is -2.91. The van der Waals surface area contributed by atoms with Gasteiger partial charge in [0.1, 0.15) is 23.8 Å². The molecule has 0 fully saturated rings. The molecule has 0 aliphatic heterocycles. The maximum Gasteiger partial charge on any atom is 0.238 e. The van der Waals surface area contributed by atoms with E-state index in [1.54, 1.807) is 36.3 Å². The molecule has 2 aromatic heterocycles. The molecule has 2 heterocycles. The van der Waals surface area contributed by atoms with Crippen LogP contribution in [0.4, 0.5) is 23.1 Å². The van der Waals surface area contributed by atoms with Crippen molar-refractivity contribution in [1.29, 1.82) is 0 Å². The van der Waals surface area contributed by atoms with E-state index < -0.39 is 10.0 Å². The lowest BCUT2D eigenvalue weighted by molar-refractivity contribution is 0.598. The summed E-state index contributed by atoms with van der Waals surface area (Å²) in [5, 5.41) is 8.30. The summed E-state index contributed by atoms with van der Waals surface area (Å²) in [6, 6.07) is 11.8. The van der Waals surface area contributed by atoms with E-state index in [0.29, 0.717) is 17.3 Å². The molecule has 124 valence electrons. The first kappa shape index (κ1) is 16.0. The summed E-state index contributed by atoms with van der Waals surface area (Å²) >= 11 is 0. The van der Waals surface area contributed by atoms with E-state index in [1.807, 2.05) is 12.1 Å². The first-order chi connectivity index (χ1) is 11.4. The molecule has 0 aliphatic carbocycles. The third kappa shape index (κ3) is 3.53. The highest BCUT2D eigenvalue weighted by atomic mass is 32.2. The van der Waals surface area contributed by atoms with E-state index in [1.165, 1.54) is 18.5 Å². The van der Waals surface area contributed by atoms with Gasteiger partial charge in [0.15, 0.2) is 0 Å². The summed E-state index contributed by atoms with van der Waals surface area (Å²) in [4.78, 5) is 13.2. The lowest BCUT2D eigenvalue weighted by Crippen LogP contribution is -2.15. The SMILES string of the molecule is CN(c1cccc(S(N)(=O)=O)c1)c1cc(Nc2ccc[nH]2)ncn1. The van der Waals surface area contributed by atoms with Crippen LogP contribution < -0.4 is 15.4 Å². The molecule has 0 atom stereocenters. The fourth-order valence-corrected chi connectivity index (χ4v) is 2.70. The van der Waals surface area contributed by atoms with Crippen molar-refractivity contribution in [2.24, 2.45) is 5.14 Å². The minimum atomic E-state index is -3.76. The lowest BCUT2D eigenvalue weighted by Gasteiger charge is -2.19. The van der Waals surface area contributed by atoms with Crippen molar-refractivity contribution in [3.05, 3.63) is 55.0 Å². The van der Waals surface area contributed by atoms with Gasteiger partial charge in [0.25, 0.3) is 0 Å². The first-order valence-corrected chi connectivity index (χ1v) is 8.57. The van der Waals surface area contributed by atoms with Gasteiger partial charge in [-0.15, -0.1) is 0 Å². The standard InChI is InChI=1S/C15H16N6O2S/c1-21(11-4-2-5-12(8-11)24(16,22)23)15-9-14(18-10-19-15)20-13-6-3-7-17-13/h2-10,17H,1H3,(H2,16,22,23)(H,18,19,20). The number of primary sulfonamides is 1. The summed E-state index contributed by atoms with van der Waals surface area (Å²) in [5.41, 5.74) is 0.644. The topological polar surface area (TPSA) is 117 Å². The fourth-order valence-electron chi connectivity index (χ4n) is 2.15. The number of H-pyrrole nitrogens is 1. The number of hydrogen-bond donors (Lipinski definition) is 3. The highest BCUT2D eigenvalue weighted by Crippen LogP contribution is 2.25. The molecule has 4 N–H and O–H groups in total. The van der Waals surface area contributed by atoms with Crippen LogP contribution in [-0.4, -0.2) is 30.4 Å². The molecule has 0 bridgehead atoms. The number of nitrogens with one attached hydrogen (secondary N) is 2. The van der Waals surface area contributed by atoms with Crippen molar-refractivity contribution < 1.29 is 8.42 Å². The van der Waals surface area contributed by atoms with Gasteiger partial charge in [-0.2, -0.15) is 0 Å². The van der Waals surface area contributed by atoms with E-state index in [4.69, 9.17) is 5.14 Å². The van der Waals surface area contributed by atoms with E-state index in [2.05, 4.69) is 20.3 Å². The highest BCUT2D eigenvalue weighted by molar-refractivity contribution is 7.89. The number of nitrogens with zero attached hydrogens (tertiary/aromatic N) is 3. The molecule has 3 rings (SSSR count). The molecule has 0 saturated carbocycles. The van der Waals surface area contributed by atoms with Gasteiger partial charge in [-0.3, -0.25) is 0 Å². The van der Waals surface area contributed by atoms with Gasteiger partial charge in [-0.05, 0) is 30.3 Å². The molecule has 0 aliphatic rings. The minimum absolute atomic E-state index is 0.0469. The Morgan fingerprint density at radius 2 is 2.00 bits per heavy atom. The minimum Gasteiger partial charge on any atom is -0.348 e. The molecule has 8 nitrogen and oxygen atoms in total. The predicted molar refractivity (Wildman–Crippen MR) is 92.0 cm³/mol. The van der Waals surface area contributed by atoms with Gasteiger partial charge in [-0.25, -0.2) is 23.5 Å². The van der Waals surface area contributed by atoms with Gasteiger partial charge >= 0.3 is 0 Å². The second kappa shape index (κ2) is 6.30. The number of sulfonamides is 1. The van der Waals surface area contributed by atoms with E-state index in [-0.39, 0.29) is 4.90 Å². The van der Waals surface area contributed by atoms with Crippen LogP contribution in [0, 0.1) is 0 Å². The molecule has 0 spiro atoms. The Labute approximate surface area is 139 Å². The Morgan fingerprint density at radius 3 is 2.71 bits per heavy atom. The number of rotatable bonds is 5. The van der Waals surface area contributed by atoms with Crippen LogP contribution in [-0.2, 0) is 10.0 Å². The predicted octanol–water partition coefficient (Wildman–Crippen LogP) is 1.96. The zero-order valence-corrected chi connectivity index (χ0v) is 13.7. The Balaban J connectivity index is 1.89. The van der Waals surface area contributed by atoms with Crippen LogP contribution in [0.3, 0.4) is 0 Å². The van der Waals surface area contributed by atoms with Gasteiger partial charge in [0.05, 0.1) is 4.90 Å². The van der Waals surface area contributed by atoms with Gasteiger partial charge in [0, 0.05) is 25.0 Å². The van der Waals surface area contributed by atoms with Gasteiger partial charge in [0.2, 0.25) is 10.0 Å². The smallest absolute Gasteiger partial charge is 0.238 e. The quantitative estimate of drug-likeness (QED) is 0.651. The fraction of sp³-hybridized carbons (Fsp3) is 0.0667. The maximum atomic E-state index is 11.5. The van der Waals surface area contributed by atoms with Crippen LogP contribution in [0.15, 0.2) is 59.9 Å². The number of anilines is 4. The molecule has 0 saturated heterocycles. The van der Waals surface area contributed by atoms with Crippen molar-refractivity contribution in [1.82, 2.24) is 15.0 Å². The first-order valence-electron chi connectivity index (χ1n) is 7.02. The second-order valence-corrected chi connectivity index (χ2v) is 6.63. The Bertz CT molecular complexity index is 940. The Morgan fingerprint density at radius 1 is 1.17 bits per heavy atom. The zero-order valence-electron chi connectivity index (χ0n) is 12.8. The lowest BCUT2D eigenvalue weighted by atomic mass is 10.3. The van der Waals surface area contributed by atoms with Crippen molar-refractivity contribution in [2.75, 3.05) is 17.3 Å². The summed E-state index contributed by atoms with van der Waals surface area (Å²) < 4.78 is 23.0. The molecule has 9 heteroatoms. The molecule has 0 unspecified atom stereocenters. The summed E-state index contributed by atoms with van der Waals surface area (Å²) in [6.07, 6.45) is 3.23. The van der Waals surface area contributed by atoms with Crippen LogP contribution in [0.5, 0.6) is 0 Å². The van der Waals surface area contributed by atoms with E-state index in [9.17, 15) is 8.42 Å². The van der Waals surface area contributed by atoms with Crippen molar-refractivity contribution in [2.45, 2.75) is 4.90 Å². The van der Waals surface area contributed by atoms with Crippen molar-refractivity contribution in [3.8, 4) is 0 Å². The van der Waals surface area contributed by atoms with Crippen LogP contribution >= 0.6 is 0 Å². The van der Waals surface area contributed by atoms with Crippen molar-refractivity contribution in [3.63, 3.8) is 0 Å². The average Bonchev–Trinajstić information content (AvgIpc) is 3.07. The largest absolute Gasteiger partial charge is 0.348 e. The second-order valence-electron chi connectivity index (χ2n) is 5.07. The highest BCUT2D eigenvalue weighted by Gasteiger charge is 2.12. The van der Waals surface area contributed by atoms with E-state index in [0.717, 1.165) is 5.82 Å². The summed E-state index contributed by atoms with van der Waals surface area (Å²) in [5.74, 6) is 2.01. The average molecular weight is 344 g/mol. The molecular formula is C15H16N6O2S. The zero-order chi connectivity index (χ0) is 17.2. The number of aromatic amines is 1. The number of benzene rings is 1. The molecule has 24 heavy (non-hydrogen) atoms.